The van der Waals surface area contributed by atoms with E-state index < -0.39 is 0 Å². The minimum absolute atomic E-state index is 0.123. The summed E-state index contributed by atoms with van der Waals surface area (Å²) in [5.41, 5.74) is 1.30. The molecule has 9 heteroatoms. The molecule has 0 fully saturated rings. The van der Waals surface area contributed by atoms with E-state index in [0.29, 0.717) is 27.6 Å². The molecule has 2 aromatic heterocycles. The lowest BCUT2D eigenvalue weighted by molar-refractivity contribution is -0.113. The number of pyridine rings is 1. The van der Waals surface area contributed by atoms with Crippen molar-refractivity contribution >= 4 is 35.0 Å². The van der Waals surface area contributed by atoms with Crippen LogP contribution in [0.15, 0.2) is 52.4 Å². The zero-order valence-electron chi connectivity index (χ0n) is 13.1. The van der Waals surface area contributed by atoms with Gasteiger partial charge in [-0.2, -0.15) is 0 Å². The van der Waals surface area contributed by atoms with Crippen molar-refractivity contribution in [3.8, 4) is 17.2 Å². The molecule has 128 valence electrons. The predicted molar refractivity (Wildman–Crippen MR) is 94.9 cm³/mol. The average molecular weight is 377 g/mol. The second-order valence-corrected chi connectivity index (χ2v) is 6.13. The number of hydrogen-bond donors (Lipinski definition) is 1. The molecule has 0 saturated heterocycles. The summed E-state index contributed by atoms with van der Waals surface area (Å²) in [6, 6.07) is 8.61. The van der Waals surface area contributed by atoms with Gasteiger partial charge in [-0.25, -0.2) is 0 Å². The molecule has 1 aromatic carbocycles. The highest BCUT2D eigenvalue weighted by Gasteiger charge is 2.12. The molecule has 0 radical (unpaired) electrons. The SMILES string of the molecule is COc1ccc(NC(=O)CSc2nnc(-c3cccnc3)o2)cc1Cl. The largest absolute Gasteiger partial charge is 0.495 e. The van der Waals surface area contributed by atoms with Crippen molar-refractivity contribution in [2.24, 2.45) is 0 Å². The predicted octanol–water partition coefficient (Wildman–Crippen LogP) is 3.52. The fourth-order valence-electron chi connectivity index (χ4n) is 1.94. The van der Waals surface area contributed by atoms with E-state index in [1.54, 1.807) is 36.7 Å². The Balaban J connectivity index is 1.56. The fourth-order valence-corrected chi connectivity index (χ4v) is 2.76. The number of thioether (sulfide) groups is 1. The first-order valence-corrected chi connectivity index (χ1v) is 8.52. The molecule has 0 aliphatic heterocycles. The third-order valence-corrected chi connectivity index (χ3v) is 4.19. The summed E-state index contributed by atoms with van der Waals surface area (Å²) in [5.74, 6) is 0.811. The second-order valence-electron chi connectivity index (χ2n) is 4.80. The van der Waals surface area contributed by atoms with E-state index in [1.807, 2.05) is 6.07 Å². The molecule has 1 amide bonds. The third kappa shape index (κ3) is 4.49. The van der Waals surface area contributed by atoms with Crippen LogP contribution < -0.4 is 10.1 Å². The van der Waals surface area contributed by atoms with Crippen LogP contribution >= 0.6 is 23.4 Å². The Morgan fingerprint density at radius 2 is 2.24 bits per heavy atom. The van der Waals surface area contributed by atoms with Gasteiger partial charge < -0.3 is 14.5 Å². The maximum absolute atomic E-state index is 12.0. The summed E-state index contributed by atoms with van der Waals surface area (Å²) in [7, 11) is 1.53. The van der Waals surface area contributed by atoms with Gasteiger partial charge in [0.05, 0.1) is 23.4 Å². The Morgan fingerprint density at radius 1 is 1.36 bits per heavy atom. The number of hydrogen-bond acceptors (Lipinski definition) is 7. The molecular weight excluding hydrogens is 364 g/mol. The van der Waals surface area contributed by atoms with Gasteiger partial charge in [0.2, 0.25) is 11.8 Å². The van der Waals surface area contributed by atoms with Gasteiger partial charge in [-0.05, 0) is 30.3 Å². The van der Waals surface area contributed by atoms with E-state index >= 15 is 0 Å². The lowest BCUT2D eigenvalue weighted by Crippen LogP contribution is -2.14. The zero-order chi connectivity index (χ0) is 17.6. The van der Waals surface area contributed by atoms with Gasteiger partial charge in [-0.3, -0.25) is 9.78 Å². The molecule has 0 bridgehead atoms. The summed E-state index contributed by atoms with van der Waals surface area (Å²) in [5, 5.41) is 11.3. The summed E-state index contributed by atoms with van der Waals surface area (Å²) in [6.07, 6.45) is 3.29. The number of aromatic nitrogens is 3. The summed E-state index contributed by atoms with van der Waals surface area (Å²) in [4.78, 5) is 16.0. The molecule has 0 spiro atoms. The Labute approximate surface area is 152 Å². The van der Waals surface area contributed by atoms with Crippen LogP contribution in [0.5, 0.6) is 5.75 Å². The zero-order valence-corrected chi connectivity index (χ0v) is 14.7. The first-order chi connectivity index (χ1) is 12.2. The molecule has 0 saturated carbocycles. The van der Waals surface area contributed by atoms with Crippen LogP contribution in [0.2, 0.25) is 5.02 Å². The average Bonchev–Trinajstić information content (AvgIpc) is 3.10. The van der Waals surface area contributed by atoms with E-state index in [4.69, 9.17) is 20.8 Å². The Hall–Kier alpha value is -2.58. The van der Waals surface area contributed by atoms with E-state index in [9.17, 15) is 4.79 Å². The van der Waals surface area contributed by atoms with Crippen LogP contribution in [0.3, 0.4) is 0 Å². The van der Waals surface area contributed by atoms with Crippen molar-refractivity contribution in [3.63, 3.8) is 0 Å². The maximum Gasteiger partial charge on any atom is 0.277 e. The van der Waals surface area contributed by atoms with Crippen molar-refractivity contribution in [1.82, 2.24) is 15.2 Å². The number of nitrogens with zero attached hydrogens (tertiary/aromatic N) is 3. The molecule has 0 unspecified atom stereocenters. The van der Waals surface area contributed by atoms with Crippen molar-refractivity contribution in [2.75, 3.05) is 18.2 Å². The number of nitrogens with one attached hydrogen (secondary N) is 1. The highest BCUT2D eigenvalue weighted by molar-refractivity contribution is 7.99. The lowest BCUT2D eigenvalue weighted by Gasteiger charge is -2.07. The molecule has 3 aromatic rings. The number of benzene rings is 1. The van der Waals surface area contributed by atoms with Crippen molar-refractivity contribution in [3.05, 3.63) is 47.7 Å². The Kier molecular flexibility index (Phi) is 5.52. The van der Waals surface area contributed by atoms with Gasteiger partial charge >= 0.3 is 0 Å². The van der Waals surface area contributed by atoms with Gasteiger partial charge in [-0.15, -0.1) is 10.2 Å². The van der Waals surface area contributed by atoms with Gasteiger partial charge in [-0.1, -0.05) is 23.4 Å². The molecule has 1 N–H and O–H groups in total. The van der Waals surface area contributed by atoms with Crippen LogP contribution in [-0.2, 0) is 4.79 Å². The van der Waals surface area contributed by atoms with Crippen LogP contribution in [-0.4, -0.2) is 34.0 Å². The minimum atomic E-state index is -0.215. The maximum atomic E-state index is 12.0. The van der Waals surface area contributed by atoms with Crippen LogP contribution in [0, 0.1) is 0 Å². The number of carbonyl (C=O) groups excluding carboxylic acids is 1. The molecule has 7 nitrogen and oxygen atoms in total. The van der Waals surface area contributed by atoms with Crippen molar-refractivity contribution in [1.29, 1.82) is 0 Å². The molecular formula is C16H13ClN4O3S. The van der Waals surface area contributed by atoms with Gasteiger partial charge in [0, 0.05) is 18.1 Å². The summed E-state index contributed by atoms with van der Waals surface area (Å²) >= 11 is 7.17. The van der Waals surface area contributed by atoms with E-state index in [-0.39, 0.29) is 11.7 Å². The van der Waals surface area contributed by atoms with E-state index in [2.05, 4.69) is 20.5 Å². The first kappa shape index (κ1) is 17.2. The van der Waals surface area contributed by atoms with Crippen LogP contribution in [0.1, 0.15) is 0 Å². The van der Waals surface area contributed by atoms with Crippen LogP contribution in [0.25, 0.3) is 11.5 Å². The van der Waals surface area contributed by atoms with Gasteiger partial charge in [0.1, 0.15) is 5.75 Å². The molecule has 0 aliphatic rings. The third-order valence-electron chi connectivity index (χ3n) is 3.08. The van der Waals surface area contributed by atoms with E-state index in [1.165, 1.54) is 7.11 Å². The number of amides is 1. The topological polar surface area (TPSA) is 90.1 Å². The number of rotatable bonds is 6. The highest BCUT2D eigenvalue weighted by Crippen LogP contribution is 2.27. The molecule has 25 heavy (non-hydrogen) atoms. The standard InChI is InChI=1S/C16H13ClN4O3S/c1-23-13-5-4-11(7-12(13)17)19-14(22)9-25-16-21-20-15(24-16)10-3-2-6-18-8-10/h2-8H,9H2,1H3,(H,19,22). The second kappa shape index (κ2) is 8.00. The first-order valence-electron chi connectivity index (χ1n) is 7.16. The number of ether oxygens (including phenoxy) is 1. The molecule has 3 rings (SSSR count). The smallest absolute Gasteiger partial charge is 0.277 e. The molecule has 0 aliphatic carbocycles. The quantitative estimate of drug-likeness (QED) is 0.658. The van der Waals surface area contributed by atoms with Crippen molar-refractivity contribution < 1.29 is 13.9 Å². The Bertz CT molecular complexity index is 873. The van der Waals surface area contributed by atoms with Gasteiger partial charge in [0.25, 0.3) is 5.22 Å². The number of methoxy groups -OCH3 is 1. The van der Waals surface area contributed by atoms with Crippen molar-refractivity contribution in [2.45, 2.75) is 5.22 Å². The monoisotopic (exact) mass is 376 g/mol. The molecule has 0 atom stereocenters. The summed E-state index contributed by atoms with van der Waals surface area (Å²) in [6.45, 7) is 0. The number of carbonyl (C=O) groups is 1. The minimum Gasteiger partial charge on any atom is -0.495 e. The van der Waals surface area contributed by atoms with Gasteiger partial charge in [0.15, 0.2) is 0 Å². The highest BCUT2D eigenvalue weighted by atomic mass is 35.5. The Morgan fingerprint density at radius 3 is 2.96 bits per heavy atom. The lowest BCUT2D eigenvalue weighted by atomic mass is 10.3. The molecule has 2 heterocycles. The number of anilines is 1. The summed E-state index contributed by atoms with van der Waals surface area (Å²) < 4.78 is 10.6. The number of halogens is 1. The van der Waals surface area contributed by atoms with Crippen LogP contribution in [0.4, 0.5) is 5.69 Å². The normalized spacial score (nSPS) is 10.5. The fraction of sp³-hybridized carbons (Fsp3) is 0.125. The van der Waals surface area contributed by atoms with E-state index in [0.717, 1.165) is 17.3 Å².